The zero-order chi connectivity index (χ0) is 8.27. The Labute approximate surface area is 67.2 Å². The third-order valence-corrected chi connectivity index (χ3v) is 1.38. The number of nitrogens with one attached hydrogen (secondary N) is 2. The predicted molar refractivity (Wildman–Crippen MR) is 41.8 cm³/mol. The van der Waals surface area contributed by atoms with Gasteiger partial charge in [-0.05, 0) is 0 Å². The van der Waals surface area contributed by atoms with Crippen LogP contribution in [0.3, 0.4) is 0 Å². The van der Waals surface area contributed by atoms with E-state index in [2.05, 4.69) is 10.3 Å². The number of halogens is 1. The Hall–Kier alpha value is -1.29. The fourth-order valence-corrected chi connectivity index (χ4v) is 0.710. The molecule has 0 aromatic carbocycles. The molecule has 1 aromatic heterocycles. The first kappa shape index (κ1) is 7.81. The van der Waals surface area contributed by atoms with E-state index in [4.69, 9.17) is 11.6 Å². The van der Waals surface area contributed by atoms with Crippen molar-refractivity contribution < 1.29 is 4.79 Å². The number of anilines is 1. The standard InChI is InChI=1S/C6H5ClN2O2/c7-4-2-8-6(9-3-10)1-5(4)11/h1-3H,(H2,8,9,10,11). The van der Waals surface area contributed by atoms with Gasteiger partial charge in [0.1, 0.15) is 10.8 Å². The van der Waals surface area contributed by atoms with Gasteiger partial charge in [-0.25, -0.2) is 0 Å². The van der Waals surface area contributed by atoms with Gasteiger partial charge in [0.15, 0.2) is 0 Å². The third kappa shape index (κ3) is 1.81. The van der Waals surface area contributed by atoms with Crippen LogP contribution >= 0.6 is 11.6 Å². The lowest BCUT2D eigenvalue weighted by Gasteiger charge is -1.96. The summed E-state index contributed by atoms with van der Waals surface area (Å²) in [4.78, 5) is 23.3. The second-order valence-corrected chi connectivity index (χ2v) is 2.23. The van der Waals surface area contributed by atoms with Gasteiger partial charge in [0.05, 0.1) is 0 Å². The molecule has 11 heavy (non-hydrogen) atoms. The van der Waals surface area contributed by atoms with Crippen LogP contribution in [0.2, 0.25) is 5.02 Å². The quantitative estimate of drug-likeness (QED) is 0.642. The average molecular weight is 173 g/mol. The maximum atomic E-state index is 10.8. The monoisotopic (exact) mass is 172 g/mol. The number of pyridine rings is 1. The minimum atomic E-state index is -0.324. The lowest BCUT2D eigenvalue weighted by molar-refractivity contribution is -0.105. The maximum absolute atomic E-state index is 10.8. The highest BCUT2D eigenvalue weighted by atomic mass is 35.5. The molecular formula is C6H5ClN2O2. The fraction of sp³-hybridized carbons (Fsp3) is 0. The van der Waals surface area contributed by atoms with Crippen LogP contribution in [0.5, 0.6) is 0 Å². The number of aromatic nitrogens is 1. The molecule has 1 rings (SSSR count). The molecule has 0 spiro atoms. The highest BCUT2D eigenvalue weighted by Gasteiger charge is 1.95. The number of carbonyl (C=O) groups excluding carboxylic acids is 1. The normalized spacial score (nSPS) is 9.18. The van der Waals surface area contributed by atoms with Gasteiger partial charge in [0.2, 0.25) is 11.8 Å². The number of hydrogen-bond acceptors (Lipinski definition) is 2. The van der Waals surface area contributed by atoms with Crippen molar-refractivity contribution in [2.75, 3.05) is 5.32 Å². The lowest BCUT2D eigenvalue weighted by Crippen LogP contribution is -2.05. The van der Waals surface area contributed by atoms with Crippen molar-refractivity contribution in [1.29, 1.82) is 0 Å². The number of aromatic amines is 1. The van der Waals surface area contributed by atoms with Gasteiger partial charge in [0, 0.05) is 12.3 Å². The summed E-state index contributed by atoms with van der Waals surface area (Å²) >= 11 is 5.42. The van der Waals surface area contributed by atoms with Crippen LogP contribution in [0.25, 0.3) is 0 Å². The van der Waals surface area contributed by atoms with Crippen LogP contribution in [0.15, 0.2) is 17.1 Å². The highest BCUT2D eigenvalue weighted by molar-refractivity contribution is 6.30. The summed E-state index contributed by atoms with van der Waals surface area (Å²) in [6.45, 7) is 0. The second kappa shape index (κ2) is 3.21. The highest BCUT2D eigenvalue weighted by Crippen LogP contribution is 2.01. The van der Waals surface area contributed by atoms with Gasteiger partial charge in [-0.15, -0.1) is 0 Å². The first-order valence-electron chi connectivity index (χ1n) is 2.82. The van der Waals surface area contributed by atoms with E-state index in [0.717, 1.165) is 0 Å². The van der Waals surface area contributed by atoms with Gasteiger partial charge >= 0.3 is 0 Å². The molecule has 0 atom stereocenters. The van der Waals surface area contributed by atoms with Gasteiger partial charge in [-0.2, -0.15) is 0 Å². The third-order valence-electron chi connectivity index (χ3n) is 1.08. The molecule has 0 aliphatic heterocycles. The van der Waals surface area contributed by atoms with E-state index in [0.29, 0.717) is 12.2 Å². The van der Waals surface area contributed by atoms with E-state index in [1.54, 1.807) is 0 Å². The molecule has 58 valence electrons. The van der Waals surface area contributed by atoms with Crippen LogP contribution < -0.4 is 10.7 Å². The van der Waals surface area contributed by atoms with Gasteiger partial charge in [-0.3, -0.25) is 9.59 Å². The SMILES string of the molecule is O=CNc1cc(=O)c(Cl)c[nH]1. The van der Waals surface area contributed by atoms with Crippen molar-refractivity contribution in [2.24, 2.45) is 0 Å². The summed E-state index contributed by atoms with van der Waals surface area (Å²) in [5.74, 6) is 0.328. The molecule has 1 aromatic rings. The summed E-state index contributed by atoms with van der Waals surface area (Å²) in [6.07, 6.45) is 1.79. The molecule has 0 bridgehead atoms. The van der Waals surface area contributed by atoms with Crippen molar-refractivity contribution in [3.05, 3.63) is 27.5 Å². The Morgan fingerprint density at radius 2 is 2.36 bits per heavy atom. The largest absolute Gasteiger partial charge is 0.346 e. The molecule has 5 heteroatoms. The minimum absolute atomic E-state index is 0.0986. The van der Waals surface area contributed by atoms with Crippen molar-refractivity contribution in [3.63, 3.8) is 0 Å². The van der Waals surface area contributed by atoms with E-state index >= 15 is 0 Å². The molecule has 0 saturated heterocycles. The summed E-state index contributed by atoms with van der Waals surface area (Å²) in [5.41, 5.74) is -0.324. The van der Waals surface area contributed by atoms with E-state index in [-0.39, 0.29) is 10.5 Å². The van der Waals surface area contributed by atoms with Crippen LogP contribution in [0, 0.1) is 0 Å². The molecule has 1 amide bonds. The smallest absolute Gasteiger partial charge is 0.212 e. The van der Waals surface area contributed by atoms with E-state index in [1.165, 1.54) is 12.3 Å². The summed E-state index contributed by atoms with van der Waals surface area (Å²) in [6, 6.07) is 1.21. The lowest BCUT2D eigenvalue weighted by atomic mass is 10.4. The van der Waals surface area contributed by atoms with Crippen LogP contribution in [0.1, 0.15) is 0 Å². The zero-order valence-corrected chi connectivity index (χ0v) is 6.18. The molecule has 0 aliphatic carbocycles. The van der Waals surface area contributed by atoms with E-state index < -0.39 is 0 Å². The fourth-order valence-electron chi connectivity index (χ4n) is 0.601. The zero-order valence-electron chi connectivity index (χ0n) is 5.43. The predicted octanol–water partition coefficient (Wildman–Crippen LogP) is 0.597. The number of H-pyrrole nitrogens is 1. The molecule has 0 unspecified atom stereocenters. The van der Waals surface area contributed by atoms with Crippen LogP contribution in [0.4, 0.5) is 5.82 Å². The molecular weight excluding hydrogens is 168 g/mol. The average Bonchev–Trinajstić information content (AvgIpc) is 1.98. The molecule has 0 radical (unpaired) electrons. The first-order valence-corrected chi connectivity index (χ1v) is 3.20. The van der Waals surface area contributed by atoms with Crippen molar-refractivity contribution >= 4 is 23.8 Å². The molecule has 2 N–H and O–H groups in total. The maximum Gasteiger partial charge on any atom is 0.212 e. The number of amides is 1. The number of rotatable bonds is 2. The molecule has 4 nitrogen and oxygen atoms in total. The van der Waals surface area contributed by atoms with Crippen molar-refractivity contribution in [2.45, 2.75) is 0 Å². The molecule has 0 saturated carbocycles. The summed E-state index contributed by atoms with van der Waals surface area (Å²) < 4.78 is 0. The number of hydrogen-bond donors (Lipinski definition) is 2. The molecule has 0 fully saturated rings. The molecule has 0 aliphatic rings. The van der Waals surface area contributed by atoms with Gasteiger partial charge in [-0.1, -0.05) is 11.6 Å². The Balaban J connectivity index is 3.05. The van der Waals surface area contributed by atoms with Crippen molar-refractivity contribution in [3.8, 4) is 0 Å². The Morgan fingerprint density at radius 3 is 2.91 bits per heavy atom. The van der Waals surface area contributed by atoms with Crippen LogP contribution in [-0.2, 0) is 4.79 Å². The first-order chi connectivity index (χ1) is 5.24. The summed E-state index contributed by atoms with van der Waals surface area (Å²) in [7, 11) is 0. The Kier molecular flexibility index (Phi) is 2.28. The second-order valence-electron chi connectivity index (χ2n) is 1.82. The summed E-state index contributed by atoms with van der Waals surface area (Å²) in [5, 5.41) is 2.38. The van der Waals surface area contributed by atoms with Crippen molar-refractivity contribution in [1.82, 2.24) is 4.98 Å². The molecule has 1 heterocycles. The minimum Gasteiger partial charge on any atom is -0.346 e. The number of carbonyl (C=O) groups is 1. The van der Waals surface area contributed by atoms with Crippen LogP contribution in [-0.4, -0.2) is 11.4 Å². The topological polar surface area (TPSA) is 62.0 Å². The van der Waals surface area contributed by atoms with E-state index in [9.17, 15) is 9.59 Å². The Bertz CT molecular complexity index is 321. The van der Waals surface area contributed by atoms with Gasteiger partial charge < -0.3 is 10.3 Å². The van der Waals surface area contributed by atoms with Gasteiger partial charge in [0.25, 0.3) is 0 Å². The Morgan fingerprint density at radius 1 is 1.64 bits per heavy atom. The van der Waals surface area contributed by atoms with E-state index in [1.807, 2.05) is 0 Å².